The van der Waals surface area contributed by atoms with Crippen molar-refractivity contribution in [2.45, 2.75) is 38.3 Å². The Kier molecular flexibility index (Phi) is 3.90. The molecule has 0 N–H and O–H groups in total. The van der Waals surface area contributed by atoms with E-state index < -0.39 is 5.79 Å². The van der Waals surface area contributed by atoms with Gasteiger partial charge in [-0.15, -0.1) is 0 Å². The van der Waals surface area contributed by atoms with Crippen molar-refractivity contribution in [2.24, 2.45) is 11.8 Å². The molecule has 1 heterocycles. The normalized spacial score (nSPS) is 32.2. The van der Waals surface area contributed by atoms with Crippen molar-refractivity contribution in [1.29, 1.82) is 5.26 Å². The molecular weight excluding hydrogens is 282 g/mol. The number of ether oxygens (including phenoxy) is 3. The lowest BCUT2D eigenvalue weighted by Gasteiger charge is -2.22. The summed E-state index contributed by atoms with van der Waals surface area (Å²) in [5, 5.41) is 9.26. The molecule has 0 bridgehead atoms. The molecule has 1 aromatic rings. The second kappa shape index (κ2) is 5.71. The smallest absolute Gasteiger partial charge is 0.338 e. The Hall–Kier alpha value is -1.90. The fourth-order valence-electron chi connectivity index (χ4n) is 3.22. The number of carbonyl (C=O) groups is 1. The van der Waals surface area contributed by atoms with E-state index in [9.17, 15) is 10.1 Å². The van der Waals surface area contributed by atoms with Crippen LogP contribution >= 0.6 is 0 Å². The first-order valence-electron chi connectivity index (χ1n) is 7.47. The van der Waals surface area contributed by atoms with Gasteiger partial charge in [-0.25, -0.2) is 4.79 Å². The van der Waals surface area contributed by atoms with Crippen molar-refractivity contribution < 1.29 is 19.0 Å². The van der Waals surface area contributed by atoms with Gasteiger partial charge in [0, 0.05) is 5.92 Å². The van der Waals surface area contributed by atoms with Gasteiger partial charge in [0.15, 0.2) is 5.79 Å². The van der Waals surface area contributed by atoms with Crippen molar-refractivity contribution in [3.8, 4) is 6.07 Å². The summed E-state index contributed by atoms with van der Waals surface area (Å²) in [6, 6.07) is 11.2. The molecular formula is C17H19NO4. The van der Waals surface area contributed by atoms with E-state index in [1.54, 1.807) is 24.3 Å². The number of esters is 1. The van der Waals surface area contributed by atoms with Gasteiger partial charge in [0.2, 0.25) is 0 Å². The van der Waals surface area contributed by atoms with Crippen LogP contribution in [0, 0.1) is 23.2 Å². The highest BCUT2D eigenvalue weighted by atomic mass is 16.8. The predicted octanol–water partition coefficient (Wildman–Crippen LogP) is 2.52. The highest BCUT2D eigenvalue weighted by Crippen LogP contribution is 2.44. The molecule has 1 saturated heterocycles. The third kappa shape index (κ3) is 2.85. The van der Waals surface area contributed by atoms with Gasteiger partial charge in [0.25, 0.3) is 0 Å². The Balaban J connectivity index is 1.63. The summed E-state index contributed by atoms with van der Waals surface area (Å²) >= 11 is 0. The highest BCUT2D eigenvalue weighted by Gasteiger charge is 2.54. The first kappa shape index (κ1) is 15.0. The molecule has 5 nitrogen and oxygen atoms in total. The van der Waals surface area contributed by atoms with Crippen LogP contribution in [0.15, 0.2) is 30.3 Å². The maximum atomic E-state index is 12.0. The van der Waals surface area contributed by atoms with E-state index in [2.05, 4.69) is 6.07 Å². The lowest BCUT2D eigenvalue weighted by atomic mass is 10.1. The topological polar surface area (TPSA) is 68.5 Å². The molecule has 5 heteroatoms. The van der Waals surface area contributed by atoms with Crippen LogP contribution in [0.3, 0.4) is 0 Å². The van der Waals surface area contributed by atoms with Crippen molar-refractivity contribution >= 4 is 5.97 Å². The quantitative estimate of drug-likeness (QED) is 0.802. The summed E-state index contributed by atoms with van der Waals surface area (Å²) in [5.74, 6) is -1.26. The van der Waals surface area contributed by atoms with E-state index in [1.165, 1.54) is 0 Å². The standard InChI is InChI=1S/C17H19NO4/c1-17(2)21-14-12(9-18)8-13(15(14)22-17)10-20-16(19)11-6-4-3-5-7-11/h3-7,12-15H,8,10H2,1-2H3/t12-,13+,14-,15+/m0/s1. The lowest BCUT2D eigenvalue weighted by molar-refractivity contribution is -0.160. The van der Waals surface area contributed by atoms with Gasteiger partial charge in [0.05, 0.1) is 30.3 Å². The fourth-order valence-corrected chi connectivity index (χ4v) is 3.22. The number of nitriles is 1. The zero-order valence-electron chi connectivity index (χ0n) is 12.7. The number of carbonyl (C=O) groups excluding carboxylic acids is 1. The van der Waals surface area contributed by atoms with E-state index in [-0.39, 0.29) is 36.6 Å². The largest absolute Gasteiger partial charge is 0.462 e. The summed E-state index contributed by atoms with van der Waals surface area (Å²) < 4.78 is 17.1. The molecule has 0 spiro atoms. The van der Waals surface area contributed by atoms with Gasteiger partial charge in [-0.05, 0) is 32.4 Å². The van der Waals surface area contributed by atoms with Crippen molar-refractivity contribution in [2.75, 3.05) is 6.61 Å². The third-order valence-electron chi connectivity index (χ3n) is 4.19. The molecule has 3 rings (SSSR count). The van der Waals surface area contributed by atoms with E-state index >= 15 is 0 Å². The van der Waals surface area contributed by atoms with Crippen LogP contribution in [0.2, 0.25) is 0 Å². The summed E-state index contributed by atoms with van der Waals surface area (Å²) in [6.07, 6.45) is 0.202. The molecule has 1 saturated carbocycles. The molecule has 0 unspecified atom stereocenters. The number of benzene rings is 1. The number of nitrogens with zero attached hydrogens (tertiary/aromatic N) is 1. The lowest BCUT2D eigenvalue weighted by Crippen LogP contribution is -2.28. The molecule has 1 aliphatic heterocycles. The first-order chi connectivity index (χ1) is 10.5. The molecule has 0 amide bonds. The Morgan fingerprint density at radius 2 is 2.00 bits per heavy atom. The monoisotopic (exact) mass is 301 g/mol. The molecule has 2 aliphatic rings. The van der Waals surface area contributed by atoms with Crippen LogP contribution in [0.5, 0.6) is 0 Å². The van der Waals surface area contributed by atoms with Gasteiger partial charge >= 0.3 is 5.97 Å². The summed E-state index contributed by atoms with van der Waals surface area (Å²) in [7, 11) is 0. The van der Waals surface area contributed by atoms with E-state index in [4.69, 9.17) is 14.2 Å². The number of hydrogen-bond acceptors (Lipinski definition) is 5. The number of fused-ring (bicyclic) bond motifs is 1. The van der Waals surface area contributed by atoms with Crippen LogP contribution in [0.4, 0.5) is 0 Å². The minimum atomic E-state index is -0.688. The average Bonchev–Trinajstić information content (AvgIpc) is 2.99. The molecule has 22 heavy (non-hydrogen) atoms. The zero-order chi connectivity index (χ0) is 15.7. The Morgan fingerprint density at radius 3 is 2.68 bits per heavy atom. The maximum absolute atomic E-state index is 12.0. The molecule has 2 fully saturated rings. The van der Waals surface area contributed by atoms with Crippen molar-refractivity contribution in [3.63, 3.8) is 0 Å². The van der Waals surface area contributed by atoms with Crippen LogP contribution in [-0.2, 0) is 14.2 Å². The fraction of sp³-hybridized carbons (Fsp3) is 0.529. The van der Waals surface area contributed by atoms with Crippen molar-refractivity contribution in [3.05, 3.63) is 35.9 Å². The minimum absolute atomic E-state index is 0.0101. The minimum Gasteiger partial charge on any atom is -0.462 e. The zero-order valence-corrected chi connectivity index (χ0v) is 12.7. The highest BCUT2D eigenvalue weighted by molar-refractivity contribution is 5.89. The Labute approximate surface area is 129 Å². The van der Waals surface area contributed by atoms with Gasteiger partial charge in [-0.2, -0.15) is 5.26 Å². The average molecular weight is 301 g/mol. The number of rotatable bonds is 3. The van der Waals surface area contributed by atoms with E-state index in [1.807, 2.05) is 19.9 Å². The summed E-state index contributed by atoms with van der Waals surface area (Å²) in [6.45, 7) is 3.92. The van der Waals surface area contributed by atoms with Crippen LogP contribution in [0.25, 0.3) is 0 Å². The molecule has 116 valence electrons. The molecule has 0 radical (unpaired) electrons. The summed E-state index contributed by atoms with van der Waals surface area (Å²) in [5.41, 5.74) is 0.526. The molecule has 4 atom stereocenters. The van der Waals surface area contributed by atoms with Crippen LogP contribution in [0.1, 0.15) is 30.6 Å². The van der Waals surface area contributed by atoms with Crippen LogP contribution in [-0.4, -0.2) is 30.6 Å². The SMILES string of the molecule is CC1(C)O[C@@H]2[C@@H](COC(=O)c3ccccc3)C[C@@H](C#N)[C@@H]2O1. The maximum Gasteiger partial charge on any atom is 0.338 e. The van der Waals surface area contributed by atoms with Crippen molar-refractivity contribution in [1.82, 2.24) is 0 Å². The summed E-state index contributed by atoms with van der Waals surface area (Å²) in [4.78, 5) is 12.0. The van der Waals surface area contributed by atoms with Gasteiger partial charge in [-0.1, -0.05) is 18.2 Å². The molecule has 0 aromatic heterocycles. The third-order valence-corrected chi connectivity index (χ3v) is 4.19. The Morgan fingerprint density at radius 1 is 1.32 bits per heavy atom. The molecule has 1 aliphatic carbocycles. The molecule has 1 aromatic carbocycles. The van der Waals surface area contributed by atoms with E-state index in [0.717, 1.165) is 0 Å². The second-order valence-electron chi connectivity index (χ2n) is 6.26. The second-order valence-corrected chi connectivity index (χ2v) is 6.26. The number of hydrogen-bond donors (Lipinski definition) is 0. The predicted molar refractivity (Wildman–Crippen MR) is 77.8 cm³/mol. The van der Waals surface area contributed by atoms with E-state index in [0.29, 0.717) is 12.0 Å². The van der Waals surface area contributed by atoms with Crippen LogP contribution < -0.4 is 0 Å². The first-order valence-corrected chi connectivity index (χ1v) is 7.47. The van der Waals surface area contributed by atoms with Gasteiger partial charge < -0.3 is 14.2 Å². The Bertz CT molecular complexity index is 592. The van der Waals surface area contributed by atoms with Gasteiger partial charge in [0.1, 0.15) is 6.10 Å². The van der Waals surface area contributed by atoms with Gasteiger partial charge in [-0.3, -0.25) is 0 Å².